The second-order valence-corrected chi connectivity index (χ2v) is 8.56. The maximum absolute atomic E-state index is 12.4. The molecular formula is C26H37IN4O. The van der Waals surface area contributed by atoms with E-state index in [1.165, 1.54) is 16.7 Å². The van der Waals surface area contributed by atoms with Crippen molar-refractivity contribution < 1.29 is 4.79 Å². The standard InChI is InChI=1S/C26H36N4O.HI/c1-4-27-26(28-17-21(3)24-12-8-9-20(2)15-24)29-18-23-16-25(31)30(19-23)14-13-22-10-6-5-7-11-22;/h5-12,15,21,23H,4,13-14,16-19H2,1-3H3,(H2,27,28,29);1H. The van der Waals surface area contributed by atoms with Crippen molar-refractivity contribution in [2.75, 3.05) is 32.7 Å². The Morgan fingerprint density at radius 2 is 1.94 bits per heavy atom. The molecule has 2 atom stereocenters. The first-order valence-electron chi connectivity index (χ1n) is 11.5. The van der Waals surface area contributed by atoms with Crippen LogP contribution in [0.5, 0.6) is 0 Å². The van der Waals surface area contributed by atoms with E-state index in [2.05, 4.69) is 79.9 Å². The van der Waals surface area contributed by atoms with E-state index in [1.54, 1.807) is 0 Å². The van der Waals surface area contributed by atoms with E-state index in [0.717, 1.165) is 45.1 Å². The lowest BCUT2D eigenvalue weighted by Crippen LogP contribution is -2.40. The highest BCUT2D eigenvalue weighted by Crippen LogP contribution is 2.18. The van der Waals surface area contributed by atoms with E-state index in [9.17, 15) is 4.79 Å². The number of nitrogens with zero attached hydrogens (tertiary/aromatic N) is 2. The highest BCUT2D eigenvalue weighted by molar-refractivity contribution is 14.0. The SMILES string of the molecule is CCNC(=NCC(C)c1cccc(C)c1)NCC1CC(=O)N(CCc2ccccc2)C1.I. The number of carbonyl (C=O) groups is 1. The Morgan fingerprint density at radius 1 is 1.16 bits per heavy atom. The zero-order chi connectivity index (χ0) is 22.1. The predicted molar refractivity (Wildman–Crippen MR) is 144 cm³/mol. The average molecular weight is 549 g/mol. The molecule has 2 N–H and O–H groups in total. The molecule has 0 radical (unpaired) electrons. The Labute approximate surface area is 210 Å². The van der Waals surface area contributed by atoms with Crippen molar-refractivity contribution in [1.29, 1.82) is 0 Å². The molecule has 0 aliphatic carbocycles. The Bertz CT molecular complexity index is 871. The van der Waals surface area contributed by atoms with Gasteiger partial charge in [-0.25, -0.2) is 0 Å². The quantitative estimate of drug-likeness (QED) is 0.278. The maximum Gasteiger partial charge on any atom is 0.223 e. The minimum absolute atomic E-state index is 0. The van der Waals surface area contributed by atoms with E-state index in [0.29, 0.717) is 18.3 Å². The van der Waals surface area contributed by atoms with Crippen LogP contribution in [0, 0.1) is 12.8 Å². The Kier molecular flexibility index (Phi) is 11.0. The van der Waals surface area contributed by atoms with Gasteiger partial charge in [-0.2, -0.15) is 0 Å². The lowest BCUT2D eigenvalue weighted by atomic mass is 10.00. The summed E-state index contributed by atoms with van der Waals surface area (Å²) in [6, 6.07) is 19.0. The summed E-state index contributed by atoms with van der Waals surface area (Å²) < 4.78 is 0. The molecule has 1 saturated heterocycles. The first-order chi connectivity index (χ1) is 15.0. The molecule has 3 rings (SSSR count). The molecular weight excluding hydrogens is 511 g/mol. The van der Waals surface area contributed by atoms with Gasteiger partial charge in [0.2, 0.25) is 5.91 Å². The summed E-state index contributed by atoms with van der Waals surface area (Å²) in [6.45, 7) is 10.3. The third kappa shape index (κ3) is 8.11. The molecule has 1 amide bonds. The van der Waals surface area contributed by atoms with Crippen molar-refractivity contribution in [3.05, 3.63) is 71.3 Å². The zero-order valence-electron chi connectivity index (χ0n) is 19.5. The summed E-state index contributed by atoms with van der Waals surface area (Å²) in [5, 5.41) is 6.79. The van der Waals surface area contributed by atoms with Crippen LogP contribution in [0.1, 0.15) is 42.9 Å². The largest absolute Gasteiger partial charge is 0.357 e. The topological polar surface area (TPSA) is 56.7 Å². The summed E-state index contributed by atoms with van der Waals surface area (Å²) in [4.78, 5) is 19.2. The monoisotopic (exact) mass is 548 g/mol. The number of hydrogen-bond donors (Lipinski definition) is 2. The van der Waals surface area contributed by atoms with Gasteiger partial charge in [0.15, 0.2) is 5.96 Å². The predicted octanol–water partition coefficient (Wildman–Crippen LogP) is 4.36. The van der Waals surface area contributed by atoms with Crippen LogP contribution in [0.15, 0.2) is 59.6 Å². The molecule has 0 saturated carbocycles. The molecule has 0 bridgehead atoms. The molecule has 2 aromatic rings. The molecule has 32 heavy (non-hydrogen) atoms. The van der Waals surface area contributed by atoms with Gasteiger partial charge in [0.05, 0.1) is 0 Å². The first-order valence-corrected chi connectivity index (χ1v) is 11.5. The van der Waals surface area contributed by atoms with Gasteiger partial charge in [-0.1, -0.05) is 67.1 Å². The molecule has 174 valence electrons. The highest BCUT2D eigenvalue weighted by Gasteiger charge is 2.29. The number of nitrogens with one attached hydrogen (secondary N) is 2. The number of halogens is 1. The van der Waals surface area contributed by atoms with E-state index in [1.807, 2.05) is 11.0 Å². The fourth-order valence-electron chi connectivity index (χ4n) is 4.01. The second-order valence-electron chi connectivity index (χ2n) is 8.56. The fourth-order valence-corrected chi connectivity index (χ4v) is 4.01. The van der Waals surface area contributed by atoms with Gasteiger partial charge in [-0.3, -0.25) is 9.79 Å². The van der Waals surface area contributed by atoms with Crippen molar-refractivity contribution in [2.45, 2.75) is 39.5 Å². The summed E-state index contributed by atoms with van der Waals surface area (Å²) in [6.07, 6.45) is 1.52. The van der Waals surface area contributed by atoms with Crippen LogP contribution < -0.4 is 10.6 Å². The molecule has 5 nitrogen and oxygen atoms in total. The lowest BCUT2D eigenvalue weighted by Gasteiger charge is -2.18. The third-order valence-corrected chi connectivity index (χ3v) is 5.84. The number of rotatable bonds is 9. The summed E-state index contributed by atoms with van der Waals surface area (Å²) >= 11 is 0. The molecule has 1 aliphatic heterocycles. The third-order valence-electron chi connectivity index (χ3n) is 5.84. The fraction of sp³-hybridized carbons (Fsp3) is 0.462. The van der Waals surface area contributed by atoms with E-state index >= 15 is 0 Å². The number of hydrogen-bond acceptors (Lipinski definition) is 2. The number of aryl methyl sites for hydroxylation is 1. The summed E-state index contributed by atoms with van der Waals surface area (Å²) in [5.41, 5.74) is 3.87. The molecule has 6 heteroatoms. The van der Waals surface area contributed by atoms with Gasteiger partial charge in [-0.05, 0) is 31.4 Å². The number of likely N-dealkylation sites (tertiary alicyclic amines) is 1. The second kappa shape index (κ2) is 13.5. The van der Waals surface area contributed by atoms with Gasteiger partial charge < -0.3 is 15.5 Å². The first kappa shape index (κ1) is 26.2. The van der Waals surface area contributed by atoms with E-state index in [4.69, 9.17) is 4.99 Å². The summed E-state index contributed by atoms with van der Waals surface area (Å²) in [7, 11) is 0. The summed E-state index contributed by atoms with van der Waals surface area (Å²) in [5.74, 6) is 1.77. The van der Waals surface area contributed by atoms with Gasteiger partial charge in [-0.15, -0.1) is 24.0 Å². The van der Waals surface area contributed by atoms with Crippen LogP contribution in [0.2, 0.25) is 0 Å². The lowest BCUT2D eigenvalue weighted by molar-refractivity contribution is -0.127. The van der Waals surface area contributed by atoms with Crippen molar-refractivity contribution in [3.8, 4) is 0 Å². The maximum atomic E-state index is 12.4. The number of aliphatic imine (C=N–C) groups is 1. The number of guanidine groups is 1. The molecule has 2 unspecified atom stereocenters. The molecule has 1 aliphatic rings. The van der Waals surface area contributed by atoms with E-state index < -0.39 is 0 Å². The Morgan fingerprint density at radius 3 is 2.66 bits per heavy atom. The van der Waals surface area contributed by atoms with Gasteiger partial charge in [0, 0.05) is 51.0 Å². The minimum Gasteiger partial charge on any atom is -0.357 e. The molecule has 0 aromatic heterocycles. The van der Waals surface area contributed by atoms with Crippen molar-refractivity contribution in [3.63, 3.8) is 0 Å². The van der Waals surface area contributed by atoms with Crippen LogP contribution in [-0.4, -0.2) is 49.5 Å². The average Bonchev–Trinajstić information content (AvgIpc) is 3.14. The van der Waals surface area contributed by atoms with Crippen LogP contribution >= 0.6 is 24.0 Å². The van der Waals surface area contributed by atoms with Crippen molar-refractivity contribution in [1.82, 2.24) is 15.5 Å². The van der Waals surface area contributed by atoms with Crippen LogP contribution in [-0.2, 0) is 11.2 Å². The molecule has 2 aromatic carbocycles. The Hall–Kier alpha value is -2.09. The van der Waals surface area contributed by atoms with E-state index in [-0.39, 0.29) is 29.9 Å². The highest BCUT2D eigenvalue weighted by atomic mass is 127. The van der Waals surface area contributed by atoms with Crippen LogP contribution in [0.25, 0.3) is 0 Å². The number of amides is 1. The minimum atomic E-state index is 0. The Balaban J connectivity index is 0.00000363. The van der Waals surface area contributed by atoms with Gasteiger partial charge >= 0.3 is 0 Å². The van der Waals surface area contributed by atoms with Crippen LogP contribution in [0.4, 0.5) is 0 Å². The smallest absolute Gasteiger partial charge is 0.223 e. The molecule has 1 fully saturated rings. The molecule has 1 heterocycles. The van der Waals surface area contributed by atoms with Crippen molar-refractivity contribution >= 4 is 35.8 Å². The van der Waals surface area contributed by atoms with Gasteiger partial charge in [0.1, 0.15) is 0 Å². The van der Waals surface area contributed by atoms with Gasteiger partial charge in [0.25, 0.3) is 0 Å². The number of carbonyl (C=O) groups excluding carboxylic acids is 1. The molecule has 0 spiro atoms. The number of benzene rings is 2. The van der Waals surface area contributed by atoms with Crippen LogP contribution in [0.3, 0.4) is 0 Å². The normalized spacial score (nSPS) is 17.1. The van der Waals surface area contributed by atoms with Crippen molar-refractivity contribution in [2.24, 2.45) is 10.9 Å². The zero-order valence-corrected chi connectivity index (χ0v) is 21.8.